The molecule has 24 heavy (non-hydrogen) atoms. The molecule has 0 spiro atoms. The van der Waals surface area contributed by atoms with Crippen molar-refractivity contribution in [2.45, 2.75) is 33.7 Å². The van der Waals surface area contributed by atoms with Gasteiger partial charge in [-0.3, -0.25) is 0 Å². The van der Waals surface area contributed by atoms with Gasteiger partial charge in [0.1, 0.15) is 11.6 Å². The number of hydrogen-bond acceptors (Lipinski definition) is 5. The van der Waals surface area contributed by atoms with E-state index < -0.39 is 0 Å². The molecule has 4 aromatic heterocycles. The maximum absolute atomic E-state index is 5.40. The first-order chi connectivity index (χ1) is 11.7. The molecule has 4 aromatic rings. The van der Waals surface area contributed by atoms with Gasteiger partial charge in [0.15, 0.2) is 11.3 Å². The van der Waals surface area contributed by atoms with Crippen molar-refractivity contribution in [2.75, 3.05) is 5.32 Å². The zero-order chi connectivity index (χ0) is 16.7. The Morgan fingerprint density at radius 2 is 2.08 bits per heavy atom. The molecule has 4 heterocycles. The quantitative estimate of drug-likeness (QED) is 0.621. The van der Waals surface area contributed by atoms with Crippen molar-refractivity contribution in [2.24, 2.45) is 0 Å². The van der Waals surface area contributed by atoms with Crippen LogP contribution in [0, 0.1) is 13.8 Å². The summed E-state index contributed by atoms with van der Waals surface area (Å²) in [6.07, 6.45) is 2.53. The van der Waals surface area contributed by atoms with Crippen LogP contribution >= 0.6 is 0 Å². The van der Waals surface area contributed by atoms with Crippen LogP contribution in [0.15, 0.2) is 34.9 Å². The van der Waals surface area contributed by atoms with E-state index in [9.17, 15) is 0 Å². The molecular formula is C18H19N5O. The fourth-order valence-electron chi connectivity index (χ4n) is 2.97. The molecular weight excluding hydrogens is 302 g/mol. The highest BCUT2D eigenvalue weighted by atomic mass is 16.3. The van der Waals surface area contributed by atoms with Gasteiger partial charge in [0, 0.05) is 17.5 Å². The summed E-state index contributed by atoms with van der Waals surface area (Å²) in [6, 6.07) is 7.93. The summed E-state index contributed by atoms with van der Waals surface area (Å²) in [4.78, 5) is 9.34. The smallest absolute Gasteiger partial charge is 0.184 e. The van der Waals surface area contributed by atoms with E-state index in [4.69, 9.17) is 9.40 Å². The number of fused-ring (bicyclic) bond motifs is 3. The van der Waals surface area contributed by atoms with Crippen LogP contribution in [0.1, 0.15) is 29.6 Å². The number of nitrogens with one attached hydrogen (secondary N) is 1. The lowest BCUT2D eigenvalue weighted by Gasteiger charge is -2.09. The van der Waals surface area contributed by atoms with Crippen LogP contribution < -0.4 is 5.32 Å². The van der Waals surface area contributed by atoms with Gasteiger partial charge in [0.05, 0.1) is 18.2 Å². The molecule has 0 fully saturated rings. The molecule has 0 aliphatic rings. The van der Waals surface area contributed by atoms with Crippen LogP contribution in [0.5, 0.6) is 0 Å². The predicted molar refractivity (Wildman–Crippen MR) is 93.2 cm³/mol. The van der Waals surface area contributed by atoms with Gasteiger partial charge in [-0.15, -0.1) is 5.10 Å². The summed E-state index contributed by atoms with van der Waals surface area (Å²) >= 11 is 0. The lowest BCUT2D eigenvalue weighted by Crippen LogP contribution is -2.07. The number of furan rings is 1. The molecule has 0 saturated carbocycles. The molecule has 0 radical (unpaired) electrons. The molecule has 0 atom stereocenters. The Kier molecular flexibility index (Phi) is 3.45. The molecule has 0 unspecified atom stereocenters. The molecule has 6 nitrogen and oxygen atoms in total. The van der Waals surface area contributed by atoms with Gasteiger partial charge in [-0.05, 0) is 44.0 Å². The van der Waals surface area contributed by atoms with Gasteiger partial charge < -0.3 is 9.73 Å². The second-order valence-electron chi connectivity index (χ2n) is 5.93. The minimum absolute atomic E-state index is 0.594. The van der Waals surface area contributed by atoms with Gasteiger partial charge >= 0.3 is 0 Å². The third-order valence-corrected chi connectivity index (χ3v) is 4.11. The van der Waals surface area contributed by atoms with Gasteiger partial charge in [-0.25, -0.2) is 9.97 Å². The fourth-order valence-corrected chi connectivity index (χ4v) is 2.97. The number of nitrogens with zero attached hydrogens (tertiary/aromatic N) is 4. The third-order valence-electron chi connectivity index (χ3n) is 4.11. The van der Waals surface area contributed by atoms with Crippen molar-refractivity contribution < 1.29 is 4.42 Å². The Morgan fingerprint density at radius 1 is 1.21 bits per heavy atom. The van der Waals surface area contributed by atoms with E-state index in [-0.39, 0.29) is 0 Å². The van der Waals surface area contributed by atoms with E-state index in [2.05, 4.69) is 35.3 Å². The fraction of sp³-hybridized carbons (Fsp3) is 0.278. The summed E-state index contributed by atoms with van der Waals surface area (Å²) < 4.78 is 7.24. The van der Waals surface area contributed by atoms with Crippen molar-refractivity contribution in [3.8, 4) is 0 Å². The SMILES string of the molecule is CCc1cc(NCc2ccco2)n2nc3nc(C)cc(C)c3c2n1. The maximum atomic E-state index is 5.40. The summed E-state index contributed by atoms with van der Waals surface area (Å²) in [7, 11) is 0. The monoisotopic (exact) mass is 321 g/mol. The molecule has 0 aliphatic heterocycles. The molecule has 122 valence electrons. The van der Waals surface area contributed by atoms with Crippen molar-refractivity contribution in [3.63, 3.8) is 0 Å². The molecule has 0 aromatic carbocycles. The molecule has 0 saturated heterocycles. The van der Waals surface area contributed by atoms with Crippen molar-refractivity contribution in [1.29, 1.82) is 0 Å². The first kappa shape index (κ1) is 14.7. The van der Waals surface area contributed by atoms with Crippen molar-refractivity contribution in [3.05, 3.63) is 53.2 Å². The van der Waals surface area contributed by atoms with Gasteiger partial charge in [0.2, 0.25) is 0 Å². The highest BCUT2D eigenvalue weighted by Crippen LogP contribution is 2.25. The average Bonchev–Trinajstić information content (AvgIpc) is 3.19. The largest absolute Gasteiger partial charge is 0.467 e. The Bertz CT molecular complexity index is 1020. The predicted octanol–water partition coefficient (Wildman–Crippen LogP) is 3.66. The number of aryl methyl sites for hydroxylation is 3. The standard InChI is InChI=1S/C18H19N5O/c1-4-13-9-15(19-10-14-6-5-7-24-14)23-18(21-13)16-11(2)8-12(3)20-17(16)22-23/h5-9,19H,4,10H2,1-3H3. The van der Waals surface area contributed by atoms with Crippen LogP contribution in [0.4, 0.5) is 5.82 Å². The molecule has 0 bridgehead atoms. The topological polar surface area (TPSA) is 68.2 Å². The Balaban J connectivity index is 1.90. The normalized spacial score (nSPS) is 11.5. The zero-order valence-electron chi connectivity index (χ0n) is 14.0. The summed E-state index contributed by atoms with van der Waals surface area (Å²) in [5.41, 5.74) is 4.70. The lowest BCUT2D eigenvalue weighted by atomic mass is 10.2. The van der Waals surface area contributed by atoms with Crippen LogP contribution in [0.2, 0.25) is 0 Å². The highest BCUT2D eigenvalue weighted by molar-refractivity contribution is 5.93. The van der Waals surface area contributed by atoms with Crippen molar-refractivity contribution in [1.82, 2.24) is 19.6 Å². The number of aromatic nitrogens is 4. The Hall–Kier alpha value is -2.89. The summed E-state index contributed by atoms with van der Waals surface area (Å²) in [5, 5.41) is 9.07. The second-order valence-corrected chi connectivity index (χ2v) is 5.93. The average molecular weight is 321 g/mol. The van der Waals surface area contributed by atoms with E-state index in [0.717, 1.165) is 51.6 Å². The van der Waals surface area contributed by atoms with Crippen LogP contribution in [-0.2, 0) is 13.0 Å². The minimum Gasteiger partial charge on any atom is -0.467 e. The van der Waals surface area contributed by atoms with E-state index in [0.29, 0.717) is 6.54 Å². The van der Waals surface area contributed by atoms with Crippen LogP contribution in [-0.4, -0.2) is 19.6 Å². The van der Waals surface area contributed by atoms with E-state index in [1.54, 1.807) is 6.26 Å². The summed E-state index contributed by atoms with van der Waals surface area (Å²) in [5.74, 6) is 1.77. The number of pyridine rings is 1. The van der Waals surface area contributed by atoms with E-state index in [1.165, 1.54) is 0 Å². The zero-order valence-corrected chi connectivity index (χ0v) is 14.0. The van der Waals surface area contributed by atoms with Gasteiger partial charge in [-0.2, -0.15) is 4.52 Å². The minimum atomic E-state index is 0.594. The molecule has 6 heteroatoms. The van der Waals surface area contributed by atoms with E-state index >= 15 is 0 Å². The van der Waals surface area contributed by atoms with E-state index in [1.807, 2.05) is 29.6 Å². The van der Waals surface area contributed by atoms with Crippen molar-refractivity contribution >= 4 is 22.5 Å². The molecule has 1 N–H and O–H groups in total. The van der Waals surface area contributed by atoms with Crippen LogP contribution in [0.3, 0.4) is 0 Å². The number of anilines is 1. The molecule has 0 amide bonds. The number of rotatable bonds is 4. The first-order valence-electron chi connectivity index (χ1n) is 8.08. The Morgan fingerprint density at radius 3 is 2.83 bits per heavy atom. The summed E-state index contributed by atoms with van der Waals surface area (Å²) in [6.45, 7) is 6.76. The highest BCUT2D eigenvalue weighted by Gasteiger charge is 2.15. The van der Waals surface area contributed by atoms with Gasteiger partial charge in [0.25, 0.3) is 0 Å². The molecule has 0 aliphatic carbocycles. The van der Waals surface area contributed by atoms with Crippen LogP contribution in [0.25, 0.3) is 16.7 Å². The second kappa shape index (κ2) is 5.63. The Labute approximate surface area is 139 Å². The molecule has 4 rings (SSSR count). The maximum Gasteiger partial charge on any atom is 0.184 e. The first-order valence-corrected chi connectivity index (χ1v) is 8.08. The third kappa shape index (κ3) is 2.40. The number of hydrogen-bond donors (Lipinski definition) is 1. The lowest BCUT2D eigenvalue weighted by molar-refractivity contribution is 0.517. The van der Waals surface area contributed by atoms with Gasteiger partial charge in [-0.1, -0.05) is 6.92 Å².